The Balaban J connectivity index is 0.000000171. The maximum absolute atomic E-state index is 7.98. The highest BCUT2D eigenvalue weighted by Gasteiger charge is 1.79. The highest BCUT2D eigenvalue weighted by molar-refractivity contribution is 5.35. The van der Waals surface area contributed by atoms with Crippen LogP contribution in [0.3, 0.4) is 0 Å². The summed E-state index contributed by atoms with van der Waals surface area (Å²) >= 11 is 0. The van der Waals surface area contributed by atoms with Gasteiger partial charge in [-0.3, -0.25) is 0 Å². The molecule has 0 unspecified atom stereocenters. The topological polar surface area (TPSA) is 48.8 Å². The van der Waals surface area contributed by atoms with Crippen LogP contribution in [0.2, 0.25) is 0 Å². The number of azide groups is 1. The van der Waals surface area contributed by atoms with E-state index in [4.69, 9.17) is 12.0 Å². The summed E-state index contributed by atoms with van der Waals surface area (Å²) in [5, 5.41) is 3.39. The Morgan fingerprint density at radius 2 is 1.47 bits per heavy atom. The van der Waals surface area contributed by atoms with Crippen LogP contribution in [0, 0.1) is 12.3 Å². The van der Waals surface area contributed by atoms with E-state index in [2.05, 4.69) is 15.9 Å². The van der Waals surface area contributed by atoms with Crippen LogP contribution in [0.15, 0.2) is 65.8 Å². The van der Waals surface area contributed by atoms with Crippen molar-refractivity contribution < 1.29 is 0 Å². The quantitative estimate of drug-likeness (QED) is 0.298. The molecule has 2 aromatic rings. The lowest BCUT2D eigenvalue weighted by Gasteiger charge is -1.83. The molecular weight excluding hydrogens is 210 g/mol. The first-order valence-electron chi connectivity index (χ1n) is 4.98. The molecule has 0 saturated heterocycles. The fraction of sp³-hybridized carbons (Fsp3) is 0. The van der Waals surface area contributed by atoms with Gasteiger partial charge < -0.3 is 0 Å². The number of hydrogen-bond donors (Lipinski definition) is 0. The lowest BCUT2D eigenvalue weighted by atomic mass is 10.2. The van der Waals surface area contributed by atoms with Gasteiger partial charge in [-0.1, -0.05) is 59.6 Å². The largest absolute Gasteiger partial charge is 0.115 e. The van der Waals surface area contributed by atoms with Crippen molar-refractivity contribution in [3.8, 4) is 12.3 Å². The minimum Gasteiger partial charge on any atom is -0.115 e. The highest BCUT2D eigenvalue weighted by atomic mass is 15.1. The minimum absolute atomic E-state index is 0.653. The summed E-state index contributed by atoms with van der Waals surface area (Å²) in [6, 6.07) is 18.6. The first-order chi connectivity index (χ1) is 8.36. The van der Waals surface area contributed by atoms with Crippen molar-refractivity contribution in [1.29, 1.82) is 0 Å². The molecule has 0 aromatic heterocycles. The second kappa shape index (κ2) is 7.58. The molecule has 3 heteroatoms. The molecule has 0 saturated carbocycles. The molecule has 2 aromatic carbocycles. The summed E-state index contributed by atoms with van der Waals surface area (Å²) in [6.45, 7) is 0. The number of terminal acetylenes is 1. The molecule has 2 rings (SSSR count). The molecule has 0 bridgehead atoms. The van der Waals surface area contributed by atoms with Gasteiger partial charge in [0.05, 0.1) is 0 Å². The number of nitrogens with zero attached hydrogens (tertiary/aromatic N) is 3. The zero-order valence-corrected chi connectivity index (χ0v) is 9.19. The summed E-state index contributed by atoms with van der Waals surface area (Å²) in [5.41, 5.74) is 9.57. The predicted octanol–water partition coefficient (Wildman–Crippen LogP) is 4.30. The standard InChI is InChI=1S/C8H6.C6H5N3/c1-2-8-6-4-3-5-7-8;7-9-8-6-4-2-1-3-5-6/h1,3-7H;1-5H. The molecule has 0 radical (unpaired) electrons. The van der Waals surface area contributed by atoms with Crippen LogP contribution < -0.4 is 0 Å². The van der Waals surface area contributed by atoms with Crippen LogP contribution in [0.4, 0.5) is 5.69 Å². The van der Waals surface area contributed by atoms with E-state index in [9.17, 15) is 0 Å². The lowest BCUT2D eigenvalue weighted by molar-refractivity contribution is 1.48. The van der Waals surface area contributed by atoms with Crippen LogP contribution in [-0.4, -0.2) is 0 Å². The maximum atomic E-state index is 7.98. The van der Waals surface area contributed by atoms with Crippen LogP contribution in [-0.2, 0) is 0 Å². The Morgan fingerprint density at radius 3 is 1.88 bits per heavy atom. The van der Waals surface area contributed by atoms with E-state index in [1.807, 2.05) is 48.5 Å². The summed E-state index contributed by atoms with van der Waals surface area (Å²) in [7, 11) is 0. The van der Waals surface area contributed by atoms with Gasteiger partial charge in [-0.15, -0.1) is 6.42 Å². The summed E-state index contributed by atoms with van der Waals surface area (Å²) in [6.07, 6.45) is 5.10. The van der Waals surface area contributed by atoms with Crippen LogP contribution in [0.25, 0.3) is 10.4 Å². The van der Waals surface area contributed by atoms with Crippen LogP contribution >= 0.6 is 0 Å². The van der Waals surface area contributed by atoms with Crippen molar-refractivity contribution in [3.63, 3.8) is 0 Å². The lowest BCUT2D eigenvalue weighted by Crippen LogP contribution is -1.66. The van der Waals surface area contributed by atoms with Gasteiger partial charge in [0.25, 0.3) is 0 Å². The van der Waals surface area contributed by atoms with Crippen molar-refractivity contribution in [1.82, 2.24) is 0 Å². The molecule has 0 heterocycles. The van der Waals surface area contributed by atoms with E-state index in [-0.39, 0.29) is 0 Å². The van der Waals surface area contributed by atoms with Crippen molar-refractivity contribution in [2.75, 3.05) is 0 Å². The summed E-state index contributed by atoms with van der Waals surface area (Å²) in [4.78, 5) is 2.63. The molecule has 82 valence electrons. The summed E-state index contributed by atoms with van der Waals surface area (Å²) in [5.74, 6) is 2.53. The van der Waals surface area contributed by atoms with Crippen LogP contribution in [0.5, 0.6) is 0 Å². The zero-order valence-electron chi connectivity index (χ0n) is 9.19. The van der Waals surface area contributed by atoms with Crippen molar-refractivity contribution in [2.24, 2.45) is 5.11 Å². The molecular formula is C14H11N3. The smallest absolute Gasteiger partial charge is 0.0375 e. The fourth-order valence-corrected chi connectivity index (χ4v) is 1.08. The molecule has 0 aliphatic rings. The Bertz CT molecular complexity index is 520. The Morgan fingerprint density at radius 1 is 0.941 bits per heavy atom. The number of rotatable bonds is 1. The van der Waals surface area contributed by atoms with Gasteiger partial charge in [-0.25, -0.2) is 0 Å². The third kappa shape index (κ3) is 5.08. The summed E-state index contributed by atoms with van der Waals surface area (Å²) < 4.78 is 0. The molecule has 0 fully saturated rings. The number of benzene rings is 2. The molecule has 0 amide bonds. The number of hydrogen-bond acceptors (Lipinski definition) is 1. The van der Waals surface area contributed by atoms with Crippen molar-refractivity contribution in [2.45, 2.75) is 0 Å². The van der Waals surface area contributed by atoms with Gasteiger partial charge in [0.1, 0.15) is 0 Å². The average molecular weight is 221 g/mol. The third-order valence-corrected chi connectivity index (χ3v) is 1.86. The SMILES string of the molecule is C#Cc1ccccc1.[N-]=[N+]=Nc1ccccc1. The van der Waals surface area contributed by atoms with E-state index < -0.39 is 0 Å². The van der Waals surface area contributed by atoms with Crippen LogP contribution in [0.1, 0.15) is 5.56 Å². The van der Waals surface area contributed by atoms with E-state index in [0.29, 0.717) is 5.69 Å². The maximum Gasteiger partial charge on any atom is 0.0375 e. The van der Waals surface area contributed by atoms with Gasteiger partial charge in [0, 0.05) is 16.2 Å². The van der Waals surface area contributed by atoms with E-state index >= 15 is 0 Å². The molecule has 17 heavy (non-hydrogen) atoms. The Kier molecular flexibility index (Phi) is 5.52. The van der Waals surface area contributed by atoms with E-state index in [1.54, 1.807) is 12.1 Å². The van der Waals surface area contributed by atoms with Gasteiger partial charge in [0.2, 0.25) is 0 Å². The van der Waals surface area contributed by atoms with Gasteiger partial charge >= 0.3 is 0 Å². The monoisotopic (exact) mass is 221 g/mol. The van der Waals surface area contributed by atoms with E-state index in [0.717, 1.165) is 5.56 Å². The molecule has 0 N–H and O–H groups in total. The Labute approximate surface area is 100 Å². The minimum atomic E-state index is 0.653. The molecule has 0 aliphatic carbocycles. The fourth-order valence-electron chi connectivity index (χ4n) is 1.08. The predicted molar refractivity (Wildman–Crippen MR) is 69.6 cm³/mol. The molecule has 0 aliphatic heterocycles. The van der Waals surface area contributed by atoms with Crippen molar-refractivity contribution in [3.05, 3.63) is 76.7 Å². The third-order valence-electron chi connectivity index (χ3n) is 1.86. The van der Waals surface area contributed by atoms with Gasteiger partial charge in [0.15, 0.2) is 0 Å². The zero-order chi connectivity index (χ0) is 12.3. The Hall–Kier alpha value is -2.69. The van der Waals surface area contributed by atoms with Gasteiger partial charge in [-0.05, 0) is 17.7 Å². The first kappa shape index (κ1) is 12.4. The first-order valence-corrected chi connectivity index (χ1v) is 4.98. The molecule has 0 atom stereocenters. The van der Waals surface area contributed by atoms with Gasteiger partial charge in [-0.2, -0.15) is 0 Å². The second-order valence-corrected chi connectivity index (χ2v) is 3.04. The molecule has 3 nitrogen and oxygen atoms in total. The van der Waals surface area contributed by atoms with Crippen molar-refractivity contribution >= 4 is 5.69 Å². The van der Waals surface area contributed by atoms with E-state index in [1.165, 1.54) is 0 Å². The second-order valence-electron chi connectivity index (χ2n) is 3.04. The highest BCUT2D eigenvalue weighted by Crippen LogP contribution is 2.08. The normalized spacial score (nSPS) is 7.94. The average Bonchev–Trinajstić information content (AvgIpc) is 2.42. The molecule has 0 spiro atoms.